The maximum Gasteiger partial charge on any atom is 0.0515 e. The van der Waals surface area contributed by atoms with Crippen LogP contribution in [0.25, 0.3) is 10.9 Å². The SMILES string of the molecule is CCc1cccc2c(CCC(C)O)c[nH]c12. The second kappa shape index (κ2) is 4.71. The molecule has 0 aliphatic carbocycles. The summed E-state index contributed by atoms with van der Waals surface area (Å²) < 4.78 is 0. The second-order valence-corrected chi connectivity index (χ2v) is 4.39. The van der Waals surface area contributed by atoms with Crippen LogP contribution in [0.4, 0.5) is 0 Å². The van der Waals surface area contributed by atoms with Gasteiger partial charge in [0, 0.05) is 17.1 Å². The number of H-pyrrole nitrogens is 1. The van der Waals surface area contributed by atoms with Crippen LogP contribution in [-0.4, -0.2) is 16.2 Å². The minimum absolute atomic E-state index is 0.223. The molecule has 2 nitrogen and oxygen atoms in total. The van der Waals surface area contributed by atoms with Crippen LogP contribution in [0.15, 0.2) is 24.4 Å². The molecular formula is C14H19NO. The molecule has 0 aliphatic heterocycles. The lowest BCUT2D eigenvalue weighted by Crippen LogP contribution is -2.00. The summed E-state index contributed by atoms with van der Waals surface area (Å²) in [6.07, 6.45) is 4.66. The third kappa shape index (κ3) is 2.12. The smallest absolute Gasteiger partial charge is 0.0515 e. The van der Waals surface area contributed by atoms with E-state index >= 15 is 0 Å². The maximum atomic E-state index is 9.31. The van der Waals surface area contributed by atoms with E-state index in [-0.39, 0.29) is 6.10 Å². The van der Waals surface area contributed by atoms with Crippen LogP contribution < -0.4 is 0 Å². The number of benzene rings is 1. The number of hydrogen-bond donors (Lipinski definition) is 2. The molecule has 2 heteroatoms. The van der Waals surface area contributed by atoms with E-state index in [2.05, 4.69) is 36.3 Å². The average molecular weight is 217 g/mol. The summed E-state index contributed by atoms with van der Waals surface area (Å²) in [5.74, 6) is 0. The Morgan fingerprint density at radius 2 is 2.12 bits per heavy atom. The highest BCUT2D eigenvalue weighted by Crippen LogP contribution is 2.23. The molecular weight excluding hydrogens is 198 g/mol. The predicted molar refractivity (Wildman–Crippen MR) is 67.7 cm³/mol. The van der Waals surface area contributed by atoms with E-state index in [4.69, 9.17) is 0 Å². The standard InChI is InChI=1S/C14H19NO/c1-3-11-5-4-6-13-12(8-7-10(2)16)9-15-14(11)13/h4-6,9-10,15-16H,3,7-8H2,1-2H3. The van der Waals surface area contributed by atoms with Gasteiger partial charge in [0.15, 0.2) is 0 Å². The Balaban J connectivity index is 2.34. The summed E-state index contributed by atoms with van der Waals surface area (Å²) in [4.78, 5) is 3.35. The monoisotopic (exact) mass is 217 g/mol. The van der Waals surface area contributed by atoms with Gasteiger partial charge >= 0.3 is 0 Å². The van der Waals surface area contributed by atoms with E-state index in [1.807, 2.05) is 6.92 Å². The molecule has 2 rings (SSSR count). The van der Waals surface area contributed by atoms with Crippen molar-refractivity contribution < 1.29 is 5.11 Å². The first-order valence-corrected chi connectivity index (χ1v) is 5.98. The van der Waals surface area contributed by atoms with Gasteiger partial charge in [-0.3, -0.25) is 0 Å². The Kier molecular flexibility index (Phi) is 3.30. The topological polar surface area (TPSA) is 36.0 Å². The van der Waals surface area contributed by atoms with E-state index in [0.717, 1.165) is 19.3 Å². The van der Waals surface area contributed by atoms with E-state index in [1.54, 1.807) is 0 Å². The number of para-hydroxylation sites is 1. The molecule has 1 heterocycles. The molecule has 0 saturated heterocycles. The fourth-order valence-electron chi connectivity index (χ4n) is 2.14. The van der Waals surface area contributed by atoms with Crippen LogP contribution in [0.5, 0.6) is 0 Å². The number of aliphatic hydroxyl groups excluding tert-OH is 1. The zero-order valence-corrected chi connectivity index (χ0v) is 9.96. The van der Waals surface area contributed by atoms with Crippen LogP contribution in [0.1, 0.15) is 31.4 Å². The molecule has 0 fully saturated rings. The number of aryl methyl sites for hydroxylation is 2. The molecule has 1 aromatic heterocycles. The summed E-state index contributed by atoms with van der Waals surface area (Å²) in [6.45, 7) is 4.01. The summed E-state index contributed by atoms with van der Waals surface area (Å²) in [5, 5.41) is 10.6. The number of rotatable bonds is 4. The van der Waals surface area contributed by atoms with Crippen molar-refractivity contribution in [1.29, 1.82) is 0 Å². The molecule has 0 radical (unpaired) electrons. The average Bonchev–Trinajstić information content (AvgIpc) is 2.69. The summed E-state index contributed by atoms with van der Waals surface area (Å²) in [6, 6.07) is 6.43. The Labute approximate surface area is 96.3 Å². The van der Waals surface area contributed by atoms with Gasteiger partial charge in [0.2, 0.25) is 0 Å². The number of hydrogen-bond acceptors (Lipinski definition) is 1. The molecule has 0 bridgehead atoms. The summed E-state index contributed by atoms with van der Waals surface area (Å²) in [7, 11) is 0. The molecule has 16 heavy (non-hydrogen) atoms. The first-order valence-electron chi connectivity index (χ1n) is 5.98. The van der Waals surface area contributed by atoms with Crippen molar-refractivity contribution in [1.82, 2.24) is 4.98 Å². The fourth-order valence-corrected chi connectivity index (χ4v) is 2.14. The number of fused-ring (bicyclic) bond motifs is 1. The van der Waals surface area contributed by atoms with Crippen LogP contribution in [0.2, 0.25) is 0 Å². The molecule has 1 unspecified atom stereocenters. The molecule has 0 spiro atoms. The van der Waals surface area contributed by atoms with Gasteiger partial charge in [0.05, 0.1) is 6.10 Å². The third-order valence-corrected chi connectivity index (χ3v) is 3.10. The summed E-state index contributed by atoms with van der Waals surface area (Å²) >= 11 is 0. The zero-order valence-electron chi connectivity index (χ0n) is 9.96. The van der Waals surface area contributed by atoms with Gasteiger partial charge in [-0.15, -0.1) is 0 Å². The molecule has 86 valence electrons. The van der Waals surface area contributed by atoms with Gasteiger partial charge in [0.25, 0.3) is 0 Å². The van der Waals surface area contributed by atoms with E-state index < -0.39 is 0 Å². The normalized spacial score (nSPS) is 13.2. The van der Waals surface area contributed by atoms with Crippen molar-refractivity contribution in [3.05, 3.63) is 35.5 Å². The number of aromatic nitrogens is 1. The van der Waals surface area contributed by atoms with Gasteiger partial charge in [-0.05, 0) is 37.3 Å². The van der Waals surface area contributed by atoms with Crippen LogP contribution in [-0.2, 0) is 12.8 Å². The molecule has 2 N–H and O–H groups in total. The van der Waals surface area contributed by atoms with Gasteiger partial charge < -0.3 is 10.1 Å². The van der Waals surface area contributed by atoms with Gasteiger partial charge in [-0.1, -0.05) is 25.1 Å². The second-order valence-electron chi connectivity index (χ2n) is 4.39. The highest BCUT2D eigenvalue weighted by molar-refractivity contribution is 5.86. The van der Waals surface area contributed by atoms with E-state index in [0.29, 0.717) is 0 Å². The van der Waals surface area contributed by atoms with Crippen molar-refractivity contribution in [3.8, 4) is 0 Å². The lowest BCUT2D eigenvalue weighted by atomic mass is 10.0. The zero-order chi connectivity index (χ0) is 11.5. The molecule has 1 atom stereocenters. The number of aromatic amines is 1. The first-order chi connectivity index (χ1) is 7.72. The molecule has 0 aliphatic rings. The first kappa shape index (κ1) is 11.2. The lowest BCUT2D eigenvalue weighted by molar-refractivity contribution is 0.185. The minimum Gasteiger partial charge on any atom is -0.393 e. The number of nitrogens with one attached hydrogen (secondary N) is 1. The lowest BCUT2D eigenvalue weighted by Gasteiger charge is -2.03. The molecule has 0 saturated carbocycles. The van der Waals surface area contributed by atoms with Crippen molar-refractivity contribution >= 4 is 10.9 Å². The molecule has 0 amide bonds. The van der Waals surface area contributed by atoms with Crippen molar-refractivity contribution in [2.45, 2.75) is 39.2 Å². The van der Waals surface area contributed by atoms with Crippen LogP contribution in [0, 0.1) is 0 Å². The highest BCUT2D eigenvalue weighted by atomic mass is 16.3. The Morgan fingerprint density at radius 3 is 2.81 bits per heavy atom. The van der Waals surface area contributed by atoms with Gasteiger partial charge in [-0.2, -0.15) is 0 Å². The Bertz CT molecular complexity index is 471. The largest absolute Gasteiger partial charge is 0.393 e. The van der Waals surface area contributed by atoms with Gasteiger partial charge in [-0.25, -0.2) is 0 Å². The van der Waals surface area contributed by atoms with Crippen LogP contribution >= 0.6 is 0 Å². The maximum absolute atomic E-state index is 9.31. The predicted octanol–water partition coefficient (Wildman–Crippen LogP) is 3.04. The van der Waals surface area contributed by atoms with Crippen LogP contribution in [0.3, 0.4) is 0 Å². The third-order valence-electron chi connectivity index (χ3n) is 3.10. The molecule has 2 aromatic rings. The Morgan fingerprint density at radius 1 is 1.31 bits per heavy atom. The quantitative estimate of drug-likeness (QED) is 0.811. The van der Waals surface area contributed by atoms with E-state index in [9.17, 15) is 5.11 Å². The summed E-state index contributed by atoms with van der Waals surface area (Å²) in [5.41, 5.74) is 3.93. The van der Waals surface area contributed by atoms with Crippen molar-refractivity contribution in [2.75, 3.05) is 0 Å². The Hall–Kier alpha value is -1.28. The van der Waals surface area contributed by atoms with E-state index in [1.165, 1.54) is 22.0 Å². The number of aliphatic hydroxyl groups is 1. The van der Waals surface area contributed by atoms with Crippen molar-refractivity contribution in [3.63, 3.8) is 0 Å². The van der Waals surface area contributed by atoms with Gasteiger partial charge in [0.1, 0.15) is 0 Å². The fraction of sp³-hybridized carbons (Fsp3) is 0.429. The minimum atomic E-state index is -0.223. The highest BCUT2D eigenvalue weighted by Gasteiger charge is 2.07. The molecule has 1 aromatic carbocycles. The van der Waals surface area contributed by atoms with Crippen molar-refractivity contribution in [2.24, 2.45) is 0 Å².